The quantitative estimate of drug-likeness (QED) is 0.442. The maximum atomic E-state index is 12.6. The number of carbonyl (C=O) groups is 1. The maximum absolute atomic E-state index is 12.6. The van der Waals surface area contributed by atoms with Crippen LogP contribution in [0.2, 0.25) is 0 Å². The SMILES string of the molecule is O=C(Nc1ccccc1[AsH2])c1cc2cc(CNCc3ccccc3)ccc2s1. The fourth-order valence-electron chi connectivity index (χ4n) is 3.06. The first-order valence-electron chi connectivity index (χ1n) is 9.12. The Morgan fingerprint density at radius 2 is 1.61 bits per heavy atom. The Bertz CT molecular complexity index is 1110. The second-order valence-electron chi connectivity index (χ2n) is 6.61. The molecule has 28 heavy (non-hydrogen) atoms. The fourth-order valence-corrected chi connectivity index (χ4v) is 4.58. The van der Waals surface area contributed by atoms with E-state index in [4.69, 9.17) is 0 Å². The number of rotatable bonds is 6. The molecule has 1 amide bonds. The number of benzene rings is 3. The summed E-state index contributed by atoms with van der Waals surface area (Å²) in [7, 11) is 0. The number of fused-ring (bicyclic) bond motifs is 1. The summed E-state index contributed by atoms with van der Waals surface area (Å²) in [5.41, 5.74) is 3.38. The molecule has 0 saturated heterocycles. The van der Waals surface area contributed by atoms with Crippen molar-refractivity contribution in [3.63, 3.8) is 0 Å². The molecular formula is C23H21AsN2OS. The van der Waals surface area contributed by atoms with Gasteiger partial charge in [-0.25, -0.2) is 0 Å². The molecule has 4 aromatic rings. The van der Waals surface area contributed by atoms with Crippen LogP contribution in [0.1, 0.15) is 20.8 Å². The number of amides is 1. The fraction of sp³-hybridized carbons (Fsp3) is 0.0870. The molecular weight excluding hydrogens is 427 g/mol. The molecule has 0 aliphatic carbocycles. The Balaban J connectivity index is 1.44. The predicted octanol–water partition coefficient (Wildman–Crippen LogP) is 3.70. The van der Waals surface area contributed by atoms with Crippen molar-refractivity contribution in [2.75, 3.05) is 5.32 Å². The molecule has 0 aliphatic heterocycles. The third-order valence-electron chi connectivity index (χ3n) is 4.51. The molecule has 0 saturated carbocycles. The molecule has 2 N–H and O–H groups in total. The molecule has 5 heteroatoms. The predicted molar refractivity (Wildman–Crippen MR) is 121 cm³/mol. The summed E-state index contributed by atoms with van der Waals surface area (Å²) >= 11 is 3.04. The summed E-state index contributed by atoms with van der Waals surface area (Å²) in [6.45, 7) is 1.64. The van der Waals surface area contributed by atoms with E-state index in [9.17, 15) is 4.79 Å². The van der Waals surface area contributed by atoms with Crippen LogP contribution < -0.4 is 15.0 Å². The number of para-hydroxylation sites is 1. The average Bonchev–Trinajstić information content (AvgIpc) is 3.14. The van der Waals surface area contributed by atoms with Gasteiger partial charge in [0.05, 0.1) is 0 Å². The van der Waals surface area contributed by atoms with Crippen LogP contribution in [0.15, 0.2) is 78.9 Å². The van der Waals surface area contributed by atoms with E-state index in [1.165, 1.54) is 39.3 Å². The van der Waals surface area contributed by atoms with Crippen LogP contribution in [-0.2, 0) is 13.1 Å². The Hall–Kier alpha value is -2.39. The van der Waals surface area contributed by atoms with Crippen LogP contribution in [0.4, 0.5) is 5.69 Å². The summed E-state index contributed by atoms with van der Waals surface area (Å²) in [5, 5.41) is 7.62. The van der Waals surface area contributed by atoms with Gasteiger partial charge in [-0.15, -0.1) is 0 Å². The molecule has 3 nitrogen and oxygen atoms in total. The van der Waals surface area contributed by atoms with Gasteiger partial charge in [0.1, 0.15) is 0 Å². The summed E-state index contributed by atoms with van der Waals surface area (Å²) in [5.74, 6) is -0.0462. The van der Waals surface area contributed by atoms with Gasteiger partial charge >= 0.3 is 142 Å². The van der Waals surface area contributed by atoms with Gasteiger partial charge in [0.2, 0.25) is 0 Å². The van der Waals surface area contributed by atoms with Gasteiger partial charge in [0.25, 0.3) is 0 Å². The van der Waals surface area contributed by atoms with Gasteiger partial charge in [0.15, 0.2) is 0 Å². The second kappa shape index (κ2) is 8.74. The number of nitrogens with one attached hydrogen (secondary N) is 2. The minimum absolute atomic E-state index is 0.0462. The molecule has 1 unspecified atom stereocenters. The van der Waals surface area contributed by atoms with E-state index >= 15 is 0 Å². The van der Waals surface area contributed by atoms with Crippen LogP contribution in [0.5, 0.6) is 0 Å². The molecule has 4 rings (SSSR count). The third kappa shape index (κ3) is 4.53. The van der Waals surface area contributed by atoms with Gasteiger partial charge in [-0.3, -0.25) is 0 Å². The minimum atomic E-state index is -0.0462. The Kier molecular flexibility index (Phi) is 5.92. The monoisotopic (exact) mass is 448 g/mol. The van der Waals surface area contributed by atoms with Gasteiger partial charge in [-0.05, 0) is 5.56 Å². The van der Waals surface area contributed by atoms with Crippen molar-refractivity contribution in [3.05, 3.63) is 94.9 Å². The first kappa shape index (κ1) is 18.9. The molecule has 1 aromatic heterocycles. The van der Waals surface area contributed by atoms with Crippen LogP contribution >= 0.6 is 11.3 Å². The zero-order valence-corrected chi connectivity index (χ0v) is 18.6. The third-order valence-corrected chi connectivity index (χ3v) is 6.69. The molecule has 0 aliphatic rings. The number of carbonyl (C=O) groups excluding carboxylic acids is 1. The topological polar surface area (TPSA) is 41.1 Å². The van der Waals surface area contributed by atoms with Crippen LogP contribution in [0.25, 0.3) is 10.1 Å². The molecule has 0 bridgehead atoms. The molecule has 3 aromatic carbocycles. The molecule has 140 valence electrons. The van der Waals surface area contributed by atoms with Crippen molar-refractivity contribution in [2.45, 2.75) is 13.1 Å². The van der Waals surface area contributed by atoms with E-state index in [0.29, 0.717) is 0 Å². The molecule has 0 fully saturated rings. The Labute approximate surface area is 177 Å². The van der Waals surface area contributed by atoms with Crippen molar-refractivity contribution in [1.29, 1.82) is 0 Å². The summed E-state index contributed by atoms with van der Waals surface area (Å²) in [6, 6.07) is 26.7. The van der Waals surface area contributed by atoms with Gasteiger partial charge in [-0.1, -0.05) is 30.3 Å². The number of thiophene rings is 1. The van der Waals surface area contributed by atoms with E-state index in [2.05, 4.69) is 53.1 Å². The van der Waals surface area contributed by atoms with Gasteiger partial charge in [-0.2, -0.15) is 0 Å². The van der Waals surface area contributed by atoms with Gasteiger partial charge < -0.3 is 0 Å². The first-order valence-corrected chi connectivity index (χ1v) is 11.1. The molecule has 1 heterocycles. The van der Waals surface area contributed by atoms with Crippen molar-refractivity contribution in [3.8, 4) is 0 Å². The number of hydrogen-bond acceptors (Lipinski definition) is 3. The zero-order chi connectivity index (χ0) is 19.3. The summed E-state index contributed by atoms with van der Waals surface area (Å²) in [4.78, 5) is 13.4. The van der Waals surface area contributed by atoms with E-state index in [1.807, 2.05) is 36.4 Å². The van der Waals surface area contributed by atoms with E-state index in [1.54, 1.807) is 0 Å². The van der Waals surface area contributed by atoms with Crippen LogP contribution in [0, 0.1) is 0 Å². The second-order valence-corrected chi connectivity index (χ2v) is 9.00. The Morgan fingerprint density at radius 3 is 2.43 bits per heavy atom. The first-order chi connectivity index (χ1) is 13.7. The normalized spacial score (nSPS) is 10.9. The molecule has 1 atom stereocenters. The molecule has 0 spiro atoms. The number of hydrogen-bond donors (Lipinski definition) is 2. The Morgan fingerprint density at radius 1 is 0.857 bits per heavy atom. The van der Waals surface area contributed by atoms with E-state index < -0.39 is 0 Å². The van der Waals surface area contributed by atoms with E-state index in [0.717, 1.165) is 38.1 Å². The van der Waals surface area contributed by atoms with Gasteiger partial charge in [0, 0.05) is 0 Å². The van der Waals surface area contributed by atoms with Crippen molar-refractivity contribution in [1.82, 2.24) is 5.32 Å². The summed E-state index contributed by atoms with van der Waals surface area (Å²) < 4.78 is 2.25. The van der Waals surface area contributed by atoms with E-state index in [-0.39, 0.29) is 5.91 Å². The standard InChI is InChI=1S/C23H21AsN2OS/c24-19-8-4-5-9-20(19)26-23(27)22-13-18-12-17(10-11-21(18)28-22)15-25-14-16-6-2-1-3-7-16/h1-13,25H,14-15,24H2,(H,26,27). The number of anilines is 1. The zero-order valence-electron chi connectivity index (χ0n) is 15.3. The van der Waals surface area contributed by atoms with Crippen LogP contribution in [0.3, 0.4) is 0 Å². The summed E-state index contributed by atoms with van der Waals surface area (Å²) in [6.07, 6.45) is 0. The average molecular weight is 448 g/mol. The molecule has 0 radical (unpaired) electrons. The van der Waals surface area contributed by atoms with Crippen molar-refractivity contribution in [2.24, 2.45) is 0 Å². The van der Waals surface area contributed by atoms with Crippen LogP contribution in [-0.4, -0.2) is 22.8 Å². The van der Waals surface area contributed by atoms with Crippen molar-refractivity contribution < 1.29 is 4.79 Å². The van der Waals surface area contributed by atoms with Crippen molar-refractivity contribution >= 4 is 54.2 Å².